The molecule has 3 N–H and O–H groups in total. The molecule has 4 rings (SSSR count). The zero-order valence-electron chi connectivity index (χ0n) is 14.5. The number of aromatic carboxylic acids is 1. The van der Waals surface area contributed by atoms with Crippen LogP contribution in [0.1, 0.15) is 15.9 Å². The van der Waals surface area contributed by atoms with E-state index in [1.165, 1.54) is 27.7 Å². The van der Waals surface area contributed by atoms with Gasteiger partial charge in [0.05, 0.1) is 22.3 Å². The van der Waals surface area contributed by atoms with Gasteiger partial charge in [0.25, 0.3) is 0 Å². The summed E-state index contributed by atoms with van der Waals surface area (Å²) in [5.41, 5.74) is 6.11. The van der Waals surface area contributed by atoms with E-state index in [1.807, 2.05) is 0 Å². The number of nitrogens with two attached hydrogens (primary N) is 1. The maximum atomic E-state index is 12.7. The van der Waals surface area contributed by atoms with Crippen molar-refractivity contribution in [2.24, 2.45) is 0 Å². The van der Waals surface area contributed by atoms with Crippen molar-refractivity contribution in [3.8, 4) is 11.5 Å². The van der Waals surface area contributed by atoms with Gasteiger partial charge in [-0.1, -0.05) is 11.6 Å². The molecule has 0 spiro atoms. The van der Waals surface area contributed by atoms with Crippen LogP contribution < -0.4 is 11.2 Å². The first kappa shape index (κ1) is 17.7. The van der Waals surface area contributed by atoms with Gasteiger partial charge in [-0.25, -0.2) is 19.4 Å². The van der Waals surface area contributed by atoms with E-state index in [0.717, 1.165) is 5.56 Å². The summed E-state index contributed by atoms with van der Waals surface area (Å²) < 4.78 is 2.95. The highest BCUT2D eigenvalue weighted by Gasteiger charge is 2.20. The summed E-state index contributed by atoms with van der Waals surface area (Å²) >= 11 is 6.30. The molecule has 0 aromatic carbocycles. The highest BCUT2D eigenvalue weighted by Crippen LogP contribution is 2.25. The maximum Gasteiger partial charge on any atom is 0.341 e. The Labute approximate surface area is 162 Å². The molecular formula is C18H13ClN6O3. The minimum Gasteiger partial charge on any atom is -0.477 e. The van der Waals surface area contributed by atoms with Crippen LogP contribution in [0.2, 0.25) is 5.02 Å². The van der Waals surface area contributed by atoms with Crippen LogP contribution in [0.25, 0.3) is 22.5 Å². The predicted octanol–water partition coefficient (Wildman–Crippen LogP) is 2.21. The first-order valence-corrected chi connectivity index (χ1v) is 8.46. The smallest absolute Gasteiger partial charge is 0.341 e. The van der Waals surface area contributed by atoms with Gasteiger partial charge in [-0.05, 0) is 30.7 Å². The molecule has 0 bridgehead atoms. The highest BCUT2D eigenvalue weighted by molar-refractivity contribution is 6.32. The number of pyridine rings is 3. The van der Waals surface area contributed by atoms with Crippen LogP contribution in [0.5, 0.6) is 0 Å². The van der Waals surface area contributed by atoms with Crippen LogP contribution in [0.4, 0.5) is 5.82 Å². The molecule has 4 aromatic heterocycles. The Bertz CT molecular complexity index is 1300. The number of hydrogen-bond acceptors (Lipinski definition) is 6. The van der Waals surface area contributed by atoms with Gasteiger partial charge in [0.2, 0.25) is 5.43 Å². The fourth-order valence-electron chi connectivity index (χ4n) is 2.93. The van der Waals surface area contributed by atoms with Crippen molar-refractivity contribution in [2.75, 3.05) is 5.73 Å². The molecule has 0 atom stereocenters. The third-order valence-electron chi connectivity index (χ3n) is 4.23. The van der Waals surface area contributed by atoms with E-state index in [4.69, 9.17) is 17.3 Å². The van der Waals surface area contributed by atoms with E-state index in [0.29, 0.717) is 17.3 Å². The molecule has 0 saturated carbocycles. The molecule has 0 fully saturated rings. The highest BCUT2D eigenvalue weighted by atomic mass is 35.5. The van der Waals surface area contributed by atoms with Gasteiger partial charge >= 0.3 is 5.97 Å². The summed E-state index contributed by atoms with van der Waals surface area (Å²) in [7, 11) is 0. The van der Waals surface area contributed by atoms with Crippen LogP contribution in [0.3, 0.4) is 0 Å². The Hall–Kier alpha value is -3.72. The zero-order chi connectivity index (χ0) is 20.0. The lowest BCUT2D eigenvalue weighted by molar-refractivity contribution is 0.0695. The molecule has 10 heteroatoms. The third-order valence-corrected chi connectivity index (χ3v) is 4.51. The number of fused-ring (bicyclic) bond motifs is 1. The van der Waals surface area contributed by atoms with Gasteiger partial charge in [-0.3, -0.25) is 9.36 Å². The summed E-state index contributed by atoms with van der Waals surface area (Å²) in [6.07, 6.45) is 5.94. The number of anilines is 1. The first-order valence-electron chi connectivity index (χ1n) is 8.08. The second-order valence-electron chi connectivity index (χ2n) is 6.06. The first-order chi connectivity index (χ1) is 13.4. The molecule has 4 heterocycles. The SMILES string of the molecule is Cc1cc(N)ncc1-n1cc(C(=O)O)c(=O)c2cc(Cl)c(-n3cccn3)nc21. The van der Waals surface area contributed by atoms with E-state index in [1.54, 1.807) is 31.5 Å². The normalized spacial score (nSPS) is 11.1. The summed E-state index contributed by atoms with van der Waals surface area (Å²) in [4.78, 5) is 32.9. The number of hydrogen-bond donors (Lipinski definition) is 2. The van der Waals surface area contributed by atoms with Crippen molar-refractivity contribution in [3.63, 3.8) is 0 Å². The Balaban J connectivity index is 2.15. The largest absolute Gasteiger partial charge is 0.477 e. The second-order valence-corrected chi connectivity index (χ2v) is 6.47. The number of aromatic nitrogens is 5. The van der Waals surface area contributed by atoms with Crippen molar-refractivity contribution in [3.05, 3.63) is 69.4 Å². The van der Waals surface area contributed by atoms with Gasteiger partial charge in [0.15, 0.2) is 11.5 Å². The molecule has 28 heavy (non-hydrogen) atoms. The minimum atomic E-state index is -1.35. The number of aryl methyl sites for hydroxylation is 1. The number of nitrogens with zero attached hydrogens (tertiary/aromatic N) is 5. The second kappa shape index (κ2) is 6.46. The predicted molar refractivity (Wildman–Crippen MR) is 103 cm³/mol. The molecule has 0 aliphatic carbocycles. The molecule has 0 saturated heterocycles. The van der Waals surface area contributed by atoms with E-state index in [9.17, 15) is 14.7 Å². The number of carbonyl (C=O) groups is 1. The topological polar surface area (TPSA) is 129 Å². The number of nitrogen functional groups attached to an aromatic ring is 1. The summed E-state index contributed by atoms with van der Waals surface area (Å²) in [6, 6.07) is 4.74. The summed E-state index contributed by atoms with van der Waals surface area (Å²) in [5, 5.41) is 13.8. The van der Waals surface area contributed by atoms with Crippen molar-refractivity contribution in [1.29, 1.82) is 0 Å². The molecule has 140 valence electrons. The van der Waals surface area contributed by atoms with E-state index < -0.39 is 17.0 Å². The molecule has 0 radical (unpaired) electrons. The van der Waals surface area contributed by atoms with Crippen molar-refractivity contribution in [2.45, 2.75) is 6.92 Å². The molecule has 0 amide bonds. The maximum absolute atomic E-state index is 12.7. The van der Waals surface area contributed by atoms with Gasteiger partial charge in [-0.2, -0.15) is 5.10 Å². The summed E-state index contributed by atoms with van der Waals surface area (Å²) in [5.74, 6) is -0.733. The van der Waals surface area contributed by atoms with Crippen LogP contribution in [0.15, 0.2) is 47.8 Å². The molecule has 9 nitrogen and oxygen atoms in total. The van der Waals surface area contributed by atoms with Gasteiger partial charge in [-0.15, -0.1) is 0 Å². The van der Waals surface area contributed by atoms with Gasteiger partial charge in [0, 0.05) is 18.6 Å². The monoisotopic (exact) mass is 396 g/mol. The summed E-state index contributed by atoms with van der Waals surface area (Å²) in [6.45, 7) is 1.79. The van der Waals surface area contributed by atoms with Crippen LogP contribution in [0, 0.1) is 6.92 Å². The fourth-order valence-corrected chi connectivity index (χ4v) is 3.17. The number of rotatable bonds is 3. The lowest BCUT2D eigenvalue weighted by atomic mass is 10.1. The average Bonchev–Trinajstić information content (AvgIpc) is 3.17. The Kier molecular flexibility index (Phi) is 4.08. The van der Waals surface area contributed by atoms with E-state index >= 15 is 0 Å². The van der Waals surface area contributed by atoms with Crippen LogP contribution >= 0.6 is 11.6 Å². The number of halogens is 1. The van der Waals surface area contributed by atoms with Gasteiger partial charge < -0.3 is 10.8 Å². The Morgan fingerprint density at radius 2 is 2.11 bits per heavy atom. The van der Waals surface area contributed by atoms with Crippen molar-refractivity contribution < 1.29 is 9.90 Å². The number of carboxylic acid groups (broad SMARTS) is 1. The van der Waals surface area contributed by atoms with Crippen LogP contribution in [-0.2, 0) is 0 Å². The average molecular weight is 397 g/mol. The molecule has 4 aromatic rings. The molecule has 0 unspecified atom stereocenters. The Morgan fingerprint density at radius 1 is 1.32 bits per heavy atom. The van der Waals surface area contributed by atoms with E-state index in [2.05, 4.69) is 15.1 Å². The lowest BCUT2D eigenvalue weighted by Crippen LogP contribution is -2.20. The molecular weight excluding hydrogens is 384 g/mol. The molecule has 0 aliphatic heterocycles. The minimum absolute atomic E-state index is 0.0667. The van der Waals surface area contributed by atoms with E-state index in [-0.39, 0.29) is 16.1 Å². The number of carboxylic acids is 1. The van der Waals surface area contributed by atoms with Crippen molar-refractivity contribution >= 4 is 34.4 Å². The lowest BCUT2D eigenvalue weighted by Gasteiger charge is -2.15. The third kappa shape index (κ3) is 2.78. The molecule has 0 aliphatic rings. The van der Waals surface area contributed by atoms with Crippen LogP contribution in [-0.4, -0.2) is 35.4 Å². The van der Waals surface area contributed by atoms with Gasteiger partial charge in [0.1, 0.15) is 11.4 Å². The fraction of sp³-hybridized carbons (Fsp3) is 0.0556. The standard InChI is InChI=1S/C18H13ClN6O3/c1-9-5-14(20)21-7-13(9)24-8-11(18(27)28)15(26)10-6-12(19)17(23-16(10)24)25-4-2-3-22-25/h2-8H,1H3,(H2,20,21)(H,27,28). The quantitative estimate of drug-likeness (QED) is 0.543. The van der Waals surface area contributed by atoms with Crippen molar-refractivity contribution in [1.82, 2.24) is 24.3 Å². The zero-order valence-corrected chi connectivity index (χ0v) is 15.3. The Morgan fingerprint density at radius 3 is 2.75 bits per heavy atom.